The second-order valence-corrected chi connectivity index (χ2v) is 9.30. The third-order valence-corrected chi connectivity index (χ3v) is 6.89. The van der Waals surface area contributed by atoms with Crippen LogP contribution in [0.15, 0.2) is 41.4 Å². The zero-order valence-corrected chi connectivity index (χ0v) is 18.3. The van der Waals surface area contributed by atoms with Gasteiger partial charge in [0.05, 0.1) is 29.5 Å². The van der Waals surface area contributed by atoms with Crippen molar-refractivity contribution in [3.63, 3.8) is 0 Å². The van der Waals surface area contributed by atoms with E-state index in [2.05, 4.69) is 19.9 Å². The molecule has 2 aromatic rings. The van der Waals surface area contributed by atoms with Crippen LogP contribution in [0.3, 0.4) is 0 Å². The lowest BCUT2D eigenvalue weighted by molar-refractivity contribution is 0.0793. The van der Waals surface area contributed by atoms with Gasteiger partial charge < -0.3 is 19.9 Å². The Morgan fingerprint density at radius 1 is 1.13 bits per heavy atom. The summed E-state index contributed by atoms with van der Waals surface area (Å²) in [7, 11) is -2.38. The summed E-state index contributed by atoms with van der Waals surface area (Å²) in [5.41, 5.74) is 0.680. The minimum atomic E-state index is -3.86. The summed E-state index contributed by atoms with van der Waals surface area (Å²) in [6.45, 7) is 4.51. The molecule has 2 N–H and O–H groups in total. The van der Waals surface area contributed by atoms with E-state index < -0.39 is 10.0 Å². The minimum Gasteiger partial charge on any atom is -0.497 e. The summed E-state index contributed by atoms with van der Waals surface area (Å²) in [5, 5.41) is 3.29. The molecule has 9 nitrogen and oxygen atoms in total. The molecule has 2 aliphatic rings. The molecule has 0 aliphatic carbocycles. The van der Waals surface area contributed by atoms with Gasteiger partial charge in [-0.05, 0) is 31.0 Å². The van der Waals surface area contributed by atoms with Crippen LogP contribution in [0, 0.1) is 0 Å². The first kappa shape index (κ1) is 21.4. The first-order chi connectivity index (χ1) is 15.0. The Kier molecular flexibility index (Phi) is 6.28. The third kappa shape index (κ3) is 4.75. The number of nitrogens with zero attached hydrogens (tertiary/aromatic N) is 3. The Balaban J connectivity index is 1.66. The predicted octanol–water partition coefficient (Wildman–Crippen LogP) is 1.54. The molecule has 2 fully saturated rings. The first-order valence-electron chi connectivity index (χ1n) is 10.4. The van der Waals surface area contributed by atoms with Gasteiger partial charge in [0.15, 0.2) is 0 Å². The molecule has 3 heterocycles. The SMILES string of the molecule is COc1cccc(S(=O)(=O)Nc2cnc(N3CCNCC3)c(C(=O)N3CCCC3)c2)c1. The maximum atomic E-state index is 13.2. The normalized spacial score (nSPS) is 16.9. The number of aromatic nitrogens is 1. The van der Waals surface area contributed by atoms with E-state index in [1.165, 1.54) is 25.4 Å². The van der Waals surface area contributed by atoms with Gasteiger partial charge in [0.2, 0.25) is 0 Å². The quantitative estimate of drug-likeness (QED) is 0.695. The van der Waals surface area contributed by atoms with E-state index in [0.717, 1.165) is 39.0 Å². The van der Waals surface area contributed by atoms with Crippen molar-refractivity contribution in [3.05, 3.63) is 42.1 Å². The van der Waals surface area contributed by atoms with Crippen molar-refractivity contribution in [2.45, 2.75) is 17.7 Å². The molecule has 2 saturated heterocycles. The zero-order valence-electron chi connectivity index (χ0n) is 17.5. The minimum absolute atomic E-state index is 0.0745. The molecule has 31 heavy (non-hydrogen) atoms. The van der Waals surface area contributed by atoms with Crippen molar-refractivity contribution in [2.75, 3.05) is 56.0 Å². The number of hydrogen-bond donors (Lipinski definition) is 2. The van der Waals surface area contributed by atoms with Gasteiger partial charge in [-0.15, -0.1) is 0 Å². The molecule has 1 aromatic carbocycles. The second-order valence-electron chi connectivity index (χ2n) is 7.62. The largest absolute Gasteiger partial charge is 0.497 e. The molecule has 1 amide bonds. The molecule has 0 radical (unpaired) electrons. The predicted molar refractivity (Wildman–Crippen MR) is 118 cm³/mol. The lowest BCUT2D eigenvalue weighted by Gasteiger charge is -2.30. The summed E-state index contributed by atoms with van der Waals surface area (Å²) in [6.07, 6.45) is 3.42. The van der Waals surface area contributed by atoms with Crippen LogP contribution in [-0.2, 0) is 10.0 Å². The van der Waals surface area contributed by atoms with E-state index >= 15 is 0 Å². The highest BCUT2D eigenvalue weighted by Gasteiger charge is 2.27. The fourth-order valence-corrected chi connectivity index (χ4v) is 4.94. The number of ether oxygens (including phenoxy) is 1. The number of carbonyl (C=O) groups excluding carboxylic acids is 1. The maximum Gasteiger partial charge on any atom is 0.262 e. The number of piperazine rings is 1. The van der Waals surface area contributed by atoms with Crippen molar-refractivity contribution in [2.24, 2.45) is 0 Å². The molecular formula is C21H27N5O4S. The number of likely N-dealkylation sites (tertiary alicyclic amines) is 1. The number of hydrogen-bond acceptors (Lipinski definition) is 7. The Labute approximate surface area is 182 Å². The molecule has 0 atom stereocenters. The summed E-state index contributed by atoms with van der Waals surface area (Å²) in [6, 6.07) is 7.82. The summed E-state index contributed by atoms with van der Waals surface area (Å²) >= 11 is 0. The van der Waals surface area contributed by atoms with Crippen molar-refractivity contribution in [3.8, 4) is 5.75 Å². The Hall–Kier alpha value is -2.85. The summed E-state index contributed by atoms with van der Waals surface area (Å²) in [5.74, 6) is 0.934. The standard InChI is InChI=1S/C21H27N5O4S/c1-30-17-5-4-6-18(14-17)31(28,29)24-16-13-19(21(27)26-9-2-3-10-26)20(23-15-16)25-11-7-22-8-12-25/h4-6,13-15,22,24H,2-3,7-12H2,1H3. The average molecular weight is 446 g/mol. The molecule has 0 unspecified atom stereocenters. The van der Waals surface area contributed by atoms with E-state index in [-0.39, 0.29) is 16.5 Å². The van der Waals surface area contributed by atoms with E-state index in [1.807, 2.05) is 4.90 Å². The smallest absolute Gasteiger partial charge is 0.262 e. The molecule has 0 spiro atoms. The van der Waals surface area contributed by atoms with E-state index in [9.17, 15) is 13.2 Å². The Morgan fingerprint density at radius 2 is 1.87 bits per heavy atom. The van der Waals surface area contributed by atoms with Gasteiger partial charge in [-0.2, -0.15) is 0 Å². The highest BCUT2D eigenvalue weighted by molar-refractivity contribution is 7.92. The van der Waals surface area contributed by atoms with Crippen LogP contribution < -0.4 is 19.7 Å². The Morgan fingerprint density at radius 3 is 2.58 bits per heavy atom. The fraction of sp³-hybridized carbons (Fsp3) is 0.429. The lowest BCUT2D eigenvalue weighted by Crippen LogP contribution is -2.45. The molecule has 0 saturated carbocycles. The van der Waals surface area contributed by atoms with Crippen LogP contribution in [-0.4, -0.2) is 70.6 Å². The monoisotopic (exact) mass is 445 g/mol. The van der Waals surface area contributed by atoms with Crippen LogP contribution >= 0.6 is 0 Å². The van der Waals surface area contributed by atoms with Gasteiger partial charge in [-0.1, -0.05) is 6.07 Å². The molecule has 10 heteroatoms. The molecular weight excluding hydrogens is 418 g/mol. The first-order valence-corrected chi connectivity index (χ1v) is 11.9. The molecule has 4 rings (SSSR count). The number of methoxy groups -OCH3 is 1. The number of sulfonamides is 1. The highest BCUT2D eigenvalue weighted by Crippen LogP contribution is 2.27. The van der Waals surface area contributed by atoms with E-state index in [0.29, 0.717) is 30.2 Å². The summed E-state index contributed by atoms with van der Waals surface area (Å²) in [4.78, 5) is 21.7. The molecule has 2 aliphatic heterocycles. The number of carbonyl (C=O) groups is 1. The molecule has 166 valence electrons. The van der Waals surface area contributed by atoms with E-state index in [1.54, 1.807) is 18.2 Å². The van der Waals surface area contributed by atoms with Gasteiger partial charge in [0, 0.05) is 45.3 Å². The topological polar surface area (TPSA) is 104 Å². The lowest BCUT2D eigenvalue weighted by atomic mass is 10.2. The third-order valence-electron chi connectivity index (χ3n) is 5.51. The van der Waals surface area contributed by atoms with Gasteiger partial charge >= 0.3 is 0 Å². The number of nitrogens with one attached hydrogen (secondary N) is 2. The number of rotatable bonds is 6. The van der Waals surface area contributed by atoms with Gasteiger partial charge in [-0.25, -0.2) is 13.4 Å². The number of anilines is 2. The average Bonchev–Trinajstić information content (AvgIpc) is 3.34. The van der Waals surface area contributed by atoms with Crippen LogP contribution in [0.2, 0.25) is 0 Å². The highest BCUT2D eigenvalue weighted by atomic mass is 32.2. The Bertz CT molecular complexity index is 1050. The van der Waals surface area contributed by atoms with Crippen LogP contribution in [0.1, 0.15) is 23.2 Å². The molecule has 0 bridgehead atoms. The van der Waals surface area contributed by atoms with Crippen LogP contribution in [0.5, 0.6) is 5.75 Å². The zero-order chi connectivity index (χ0) is 21.8. The van der Waals surface area contributed by atoms with Gasteiger partial charge in [-0.3, -0.25) is 9.52 Å². The molecule has 1 aromatic heterocycles. The maximum absolute atomic E-state index is 13.2. The van der Waals surface area contributed by atoms with Gasteiger partial charge in [0.1, 0.15) is 11.6 Å². The summed E-state index contributed by atoms with van der Waals surface area (Å²) < 4.78 is 33.5. The van der Waals surface area contributed by atoms with Crippen molar-refractivity contribution >= 4 is 27.4 Å². The fourth-order valence-electron chi connectivity index (χ4n) is 3.87. The van der Waals surface area contributed by atoms with Crippen LogP contribution in [0.25, 0.3) is 0 Å². The van der Waals surface area contributed by atoms with Crippen molar-refractivity contribution in [1.29, 1.82) is 0 Å². The number of amides is 1. The number of benzene rings is 1. The number of pyridine rings is 1. The van der Waals surface area contributed by atoms with Gasteiger partial charge in [0.25, 0.3) is 15.9 Å². The van der Waals surface area contributed by atoms with Crippen molar-refractivity contribution < 1.29 is 17.9 Å². The second kappa shape index (κ2) is 9.11. The van der Waals surface area contributed by atoms with Crippen molar-refractivity contribution in [1.82, 2.24) is 15.2 Å². The van der Waals surface area contributed by atoms with Crippen LogP contribution in [0.4, 0.5) is 11.5 Å². The van der Waals surface area contributed by atoms with E-state index in [4.69, 9.17) is 4.74 Å².